The van der Waals surface area contributed by atoms with Crippen molar-refractivity contribution >= 4 is 0 Å². The van der Waals surface area contributed by atoms with Gasteiger partial charge in [0.15, 0.2) is 0 Å². The van der Waals surface area contributed by atoms with E-state index in [1.807, 2.05) is 55.5 Å². The largest absolute Gasteiger partial charge is 0.361 e. The smallest absolute Gasteiger partial charge is 0.134 e. The van der Waals surface area contributed by atoms with E-state index in [-0.39, 0.29) is 0 Å². The molecule has 18 heavy (non-hydrogen) atoms. The number of aryl methyl sites for hydroxylation is 1. The van der Waals surface area contributed by atoms with Gasteiger partial charge >= 0.3 is 0 Å². The Hall–Kier alpha value is -2.42. The highest BCUT2D eigenvalue weighted by Gasteiger charge is 2.10. The maximum atomic E-state index is 5.14. The van der Waals surface area contributed by atoms with Crippen LogP contribution in [-0.2, 0) is 0 Å². The van der Waals surface area contributed by atoms with Crippen molar-refractivity contribution in [3.05, 3.63) is 60.5 Å². The Bertz CT molecular complexity index is 659. The van der Waals surface area contributed by atoms with Crippen molar-refractivity contribution in [2.45, 2.75) is 6.92 Å². The number of rotatable bonds is 2. The van der Waals surface area contributed by atoms with Gasteiger partial charge in [-0.2, -0.15) is 0 Å². The van der Waals surface area contributed by atoms with Crippen LogP contribution in [0.4, 0.5) is 0 Å². The van der Waals surface area contributed by atoms with E-state index in [0.29, 0.717) is 0 Å². The van der Waals surface area contributed by atoms with Crippen molar-refractivity contribution in [3.63, 3.8) is 0 Å². The third-order valence-corrected chi connectivity index (χ3v) is 2.77. The van der Waals surface area contributed by atoms with E-state index >= 15 is 0 Å². The second-order valence-electron chi connectivity index (χ2n) is 4.08. The van der Waals surface area contributed by atoms with Gasteiger partial charge in [0, 0.05) is 23.4 Å². The number of pyridine rings is 1. The van der Waals surface area contributed by atoms with Crippen LogP contribution in [0, 0.1) is 6.92 Å². The lowest BCUT2D eigenvalue weighted by atomic mass is 10.0. The summed E-state index contributed by atoms with van der Waals surface area (Å²) >= 11 is 0. The summed E-state index contributed by atoms with van der Waals surface area (Å²) in [5.41, 5.74) is 3.88. The lowest BCUT2D eigenvalue weighted by Gasteiger charge is -2.05. The van der Waals surface area contributed by atoms with Crippen molar-refractivity contribution in [2.24, 2.45) is 0 Å². The second-order valence-corrected chi connectivity index (χ2v) is 4.08. The minimum absolute atomic E-state index is 0.806. The highest BCUT2D eigenvalue weighted by Crippen LogP contribution is 2.30. The van der Waals surface area contributed by atoms with Gasteiger partial charge in [-0.1, -0.05) is 35.5 Å². The average molecular weight is 236 g/mol. The number of nitrogens with zero attached hydrogens (tertiary/aromatic N) is 2. The summed E-state index contributed by atoms with van der Waals surface area (Å²) in [5.74, 6) is 0.806. The molecule has 0 saturated heterocycles. The molecule has 0 radical (unpaired) electrons. The Morgan fingerprint density at radius 3 is 2.22 bits per heavy atom. The van der Waals surface area contributed by atoms with E-state index in [9.17, 15) is 0 Å². The van der Waals surface area contributed by atoms with Gasteiger partial charge in [-0.05, 0) is 19.1 Å². The molecular formula is C15H12N2O. The zero-order valence-electron chi connectivity index (χ0n) is 10.00. The van der Waals surface area contributed by atoms with E-state index in [1.165, 1.54) is 0 Å². The molecule has 3 aromatic rings. The minimum Gasteiger partial charge on any atom is -0.361 e. The third kappa shape index (κ3) is 1.91. The summed E-state index contributed by atoms with van der Waals surface area (Å²) in [6, 6.07) is 15.9. The lowest BCUT2D eigenvalue weighted by Crippen LogP contribution is -1.87. The number of hydrogen-bond acceptors (Lipinski definition) is 3. The van der Waals surface area contributed by atoms with Crippen LogP contribution in [0.25, 0.3) is 22.5 Å². The first kappa shape index (κ1) is 10.7. The first-order valence-electron chi connectivity index (χ1n) is 5.79. The van der Waals surface area contributed by atoms with Crippen LogP contribution in [0.2, 0.25) is 0 Å². The van der Waals surface area contributed by atoms with Gasteiger partial charge in [-0.3, -0.25) is 4.98 Å². The molecule has 0 aliphatic rings. The summed E-state index contributed by atoms with van der Waals surface area (Å²) < 4.78 is 5.14. The van der Waals surface area contributed by atoms with Gasteiger partial charge in [-0.15, -0.1) is 0 Å². The number of hydrogen-bond donors (Lipinski definition) is 0. The molecule has 2 heterocycles. The summed E-state index contributed by atoms with van der Waals surface area (Å²) in [5, 5.41) is 4.07. The van der Waals surface area contributed by atoms with Crippen LogP contribution >= 0.6 is 0 Å². The molecule has 0 atom stereocenters. The molecule has 0 amide bonds. The Morgan fingerprint density at radius 1 is 0.889 bits per heavy atom. The Morgan fingerprint density at radius 2 is 1.61 bits per heavy atom. The van der Waals surface area contributed by atoms with Crippen LogP contribution in [0.5, 0.6) is 0 Å². The molecule has 3 heteroatoms. The summed E-state index contributed by atoms with van der Waals surface area (Å²) in [6.07, 6.45) is 1.79. The van der Waals surface area contributed by atoms with Crippen molar-refractivity contribution in [3.8, 4) is 22.5 Å². The molecule has 3 nitrogen and oxygen atoms in total. The number of benzene rings is 1. The topological polar surface area (TPSA) is 38.9 Å². The normalized spacial score (nSPS) is 10.5. The van der Waals surface area contributed by atoms with Crippen molar-refractivity contribution in [2.75, 3.05) is 0 Å². The van der Waals surface area contributed by atoms with Gasteiger partial charge < -0.3 is 4.52 Å². The molecule has 0 aliphatic carbocycles. The average Bonchev–Trinajstić information content (AvgIpc) is 2.86. The molecule has 0 aliphatic heterocycles. The Labute approximate surface area is 105 Å². The zero-order chi connectivity index (χ0) is 12.4. The van der Waals surface area contributed by atoms with Crippen LogP contribution in [0.15, 0.2) is 59.3 Å². The van der Waals surface area contributed by atoms with Crippen LogP contribution in [-0.4, -0.2) is 10.1 Å². The Balaban J connectivity index is 2.17. The van der Waals surface area contributed by atoms with Crippen molar-refractivity contribution in [1.82, 2.24) is 10.1 Å². The summed E-state index contributed by atoms with van der Waals surface area (Å²) in [4.78, 5) is 4.38. The van der Waals surface area contributed by atoms with E-state index in [4.69, 9.17) is 4.52 Å². The van der Waals surface area contributed by atoms with Crippen LogP contribution in [0.3, 0.4) is 0 Å². The zero-order valence-corrected chi connectivity index (χ0v) is 10.00. The standard InChI is InChI=1S/C15H12N2O/c1-11-10-15(17-18-11)13-7-3-2-6-12(13)14-8-4-5-9-16-14/h2-10H,1H3. The molecule has 0 spiro atoms. The van der Waals surface area contributed by atoms with Gasteiger partial charge in [0.05, 0.1) is 5.69 Å². The fraction of sp³-hybridized carbons (Fsp3) is 0.0667. The molecule has 3 rings (SSSR count). The fourth-order valence-corrected chi connectivity index (χ4v) is 1.95. The predicted molar refractivity (Wildman–Crippen MR) is 69.9 cm³/mol. The maximum absolute atomic E-state index is 5.14. The van der Waals surface area contributed by atoms with E-state index < -0.39 is 0 Å². The van der Waals surface area contributed by atoms with E-state index in [2.05, 4.69) is 10.1 Å². The predicted octanol–water partition coefficient (Wildman–Crippen LogP) is 3.71. The molecule has 0 fully saturated rings. The molecule has 88 valence electrons. The van der Waals surface area contributed by atoms with Crippen molar-refractivity contribution in [1.29, 1.82) is 0 Å². The van der Waals surface area contributed by atoms with Crippen molar-refractivity contribution < 1.29 is 4.52 Å². The number of aromatic nitrogens is 2. The monoisotopic (exact) mass is 236 g/mol. The molecule has 0 N–H and O–H groups in total. The highest BCUT2D eigenvalue weighted by atomic mass is 16.5. The van der Waals surface area contributed by atoms with Gasteiger partial charge in [0.1, 0.15) is 11.5 Å². The van der Waals surface area contributed by atoms with E-state index in [1.54, 1.807) is 6.20 Å². The van der Waals surface area contributed by atoms with Crippen LogP contribution < -0.4 is 0 Å². The quantitative estimate of drug-likeness (QED) is 0.680. The lowest BCUT2D eigenvalue weighted by molar-refractivity contribution is 0.399. The Kier molecular flexibility index (Phi) is 2.65. The molecule has 0 saturated carbocycles. The second kappa shape index (κ2) is 4.45. The van der Waals surface area contributed by atoms with Gasteiger partial charge in [0.2, 0.25) is 0 Å². The summed E-state index contributed by atoms with van der Waals surface area (Å²) in [7, 11) is 0. The first-order valence-corrected chi connectivity index (χ1v) is 5.79. The highest BCUT2D eigenvalue weighted by molar-refractivity contribution is 5.79. The third-order valence-electron chi connectivity index (χ3n) is 2.77. The first-order chi connectivity index (χ1) is 8.84. The minimum atomic E-state index is 0.806. The SMILES string of the molecule is Cc1cc(-c2ccccc2-c2ccccn2)no1. The molecular weight excluding hydrogens is 224 g/mol. The molecule has 1 aromatic carbocycles. The molecule has 2 aromatic heterocycles. The van der Waals surface area contributed by atoms with Gasteiger partial charge in [-0.25, -0.2) is 0 Å². The van der Waals surface area contributed by atoms with Gasteiger partial charge in [0.25, 0.3) is 0 Å². The van der Waals surface area contributed by atoms with E-state index in [0.717, 1.165) is 28.3 Å². The molecule has 0 unspecified atom stereocenters. The van der Waals surface area contributed by atoms with Crippen LogP contribution in [0.1, 0.15) is 5.76 Å². The maximum Gasteiger partial charge on any atom is 0.134 e. The fourth-order valence-electron chi connectivity index (χ4n) is 1.95. The molecule has 0 bridgehead atoms. The summed E-state index contributed by atoms with van der Waals surface area (Å²) in [6.45, 7) is 1.89.